The summed E-state index contributed by atoms with van der Waals surface area (Å²) in [4.78, 5) is 11.4. The van der Waals surface area contributed by atoms with Gasteiger partial charge in [0, 0.05) is 11.6 Å². The number of carbonyl (C=O) groups is 1. The number of rotatable bonds is 5. The van der Waals surface area contributed by atoms with Gasteiger partial charge in [0.25, 0.3) is 0 Å². The van der Waals surface area contributed by atoms with E-state index in [0.29, 0.717) is 17.3 Å². The second kappa shape index (κ2) is 6.32. The predicted molar refractivity (Wildman–Crippen MR) is 75.6 cm³/mol. The van der Waals surface area contributed by atoms with Gasteiger partial charge in [-0.25, -0.2) is 4.79 Å². The monoisotopic (exact) mass is 291 g/mol. The Morgan fingerprint density at radius 1 is 1.14 bits per heavy atom. The third-order valence-corrected chi connectivity index (χ3v) is 3.10. The third-order valence-electron chi connectivity index (χ3n) is 3.10. The molecule has 21 heavy (non-hydrogen) atoms. The van der Waals surface area contributed by atoms with Crippen molar-refractivity contribution in [3.8, 4) is 11.5 Å². The highest BCUT2D eigenvalue weighted by Gasteiger charge is 2.20. The van der Waals surface area contributed by atoms with E-state index in [1.807, 2.05) is 0 Å². The maximum atomic E-state index is 11.4. The summed E-state index contributed by atoms with van der Waals surface area (Å²) in [6.07, 6.45) is 0. The van der Waals surface area contributed by atoms with Crippen LogP contribution in [0.1, 0.15) is 27.9 Å². The zero-order chi connectivity index (χ0) is 15.4. The van der Waals surface area contributed by atoms with Crippen molar-refractivity contribution in [1.82, 2.24) is 0 Å². The number of carbonyl (C=O) groups excluding carboxylic acids is 1. The van der Waals surface area contributed by atoms with Gasteiger partial charge in [-0.05, 0) is 24.3 Å². The van der Waals surface area contributed by atoms with E-state index in [2.05, 4.69) is 4.74 Å². The van der Waals surface area contributed by atoms with Crippen LogP contribution in [0.25, 0.3) is 0 Å². The number of methoxy groups -OCH3 is 3. The lowest BCUT2D eigenvalue weighted by atomic mass is 10.0. The first kappa shape index (κ1) is 14.9. The van der Waals surface area contributed by atoms with E-state index in [1.165, 1.54) is 13.2 Å². The fourth-order valence-electron chi connectivity index (χ4n) is 1.96. The molecule has 0 amide bonds. The van der Waals surface area contributed by atoms with Gasteiger partial charge in [-0.2, -0.15) is 0 Å². The molecule has 2 aromatic rings. The quantitative estimate of drug-likeness (QED) is 0.850. The summed E-state index contributed by atoms with van der Waals surface area (Å²) in [5.41, 5.74) is 6.90. The smallest absolute Gasteiger partial charge is 0.373 e. The van der Waals surface area contributed by atoms with Gasteiger partial charge >= 0.3 is 5.97 Å². The number of hydrogen-bond acceptors (Lipinski definition) is 6. The zero-order valence-corrected chi connectivity index (χ0v) is 12.1. The maximum Gasteiger partial charge on any atom is 0.373 e. The number of esters is 1. The van der Waals surface area contributed by atoms with Crippen LogP contribution < -0.4 is 15.2 Å². The number of hydrogen-bond donors (Lipinski definition) is 1. The summed E-state index contributed by atoms with van der Waals surface area (Å²) < 4.78 is 20.5. The Morgan fingerprint density at radius 3 is 2.52 bits per heavy atom. The summed E-state index contributed by atoms with van der Waals surface area (Å²) in [7, 11) is 4.41. The maximum absolute atomic E-state index is 11.4. The average Bonchev–Trinajstić information content (AvgIpc) is 3.02. The first-order chi connectivity index (χ1) is 10.1. The molecule has 2 N–H and O–H groups in total. The van der Waals surface area contributed by atoms with Gasteiger partial charge in [0.15, 0.2) is 0 Å². The minimum absolute atomic E-state index is 0.107. The van der Waals surface area contributed by atoms with E-state index in [1.54, 1.807) is 38.5 Å². The van der Waals surface area contributed by atoms with Crippen LogP contribution in [0.15, 0.2) is 34.7 Å². The molecule has 1 aromatic heterocycles. The molecular formula is C15H17NO5. The lowest BCUT2D eigenvalue weighted by molar-refractivity contribution is 0.0562. The van der Waals surface area contributed by atoms with Crippen molar-refractivity contribution in [2.24, 2.45) is 5.73 Å². The normalized spacial score (nSPS) is 11.8. The van der Waals surface area contributed by atoms with Crippen LogP contribution in [0.4, 0.5) is 0 Å². The standard InChI is InChI=1S/C15H17NO5/c1-18-9-4-5-10(13(8-9)19-2)14(16)11-6-7-12(21-11)15(17)20-3/h4-8,14H,16H2,1-3H3. The Bertz CT molecular complexity index is 635. The summed E-state index contributed by atoms with van der Waals surface area (Å²) in [5.74, 6) is 1.25. The van der Waals surface area contributed by atoms with Crippen molar-refractivity contribution in [2.45, 2.75) is 6.04 Å². The molecule has 1 unspecified atom stereocenters. The second-order valence-electron chi connectivity index (χ2n) is 4.28. The molecular weight excluding hydrogens is 274 g/mol. The molecule has 2 rings (SSSR count). The fraction of sp³-hybridized carbons (Fsp3) is 0.267. The fourth-order valence-corrected chi connectivity index (χ4v) is 1.96. The van der Waals surface area contributed by atoms with E-state index >= 15 is 0 Å². The second-order valence-corrected chi connectivity index (χ2v) is 4.28. The number of nitrogens with two attached hydrogens (primary N) is 1. The largest absolute Gasteiger partial charge is 0.497 e. The van der Waals surface area contributed by atoms with Gasteiger partial charge < -0.3 is 24.4 Å². The Morgan fingerprint density at radius 2 is 1.90 bits per heavy atom. The minimum Gasteiger partial charge on any atom is -0.497 e. The van der Waals surface area contributed by atoms with Gasteiger partial charge in [0.05, 0.1) is 27.4 Å². The van der Waals surface area contributed by atoms with E-state index in [-0.39, 0.29) is 5.76 Å². The highest BCUT2D eigenvalue weighted by atomic mass is 16.5. The molecule has 0 saturated carbocycles. The Hall–Kier alpha value is -2.47. The van der Waals surface area contributed by atoms with Gasteiger partial charge in [-0.15, -0.1) is 0 Å². The molecule has 1 atom stereocenters. The van der Waals surface area contributed by atoms with Crippen LogP contribution in [0, 0.1) is 0 Å². The topological polar surface area (TPSA) is 83.9 Å². The first-order valence-electron chi connectivity index (χ1n) is 6.26. The minimum atomic E-state index is -0.565. The molecule has 6 heteroatoms. The molecule has 1 aromatic carbocycles. The van der Waals surface area contributed by atoms with Crippen LogP contribution in [-0.2, 0) is 4.74 Å². The molecule has 1 heterocycles. The predicted octanol–water partition coefficient (Wildman–Crippen LogP) is 2.13. The highest BCUT2D eigenvalue weighted by molar-refractivity contribution is 5.86. The van der Waals surface area contributed by atoms with E-state index < -0.39 is 12.0 Å². The average molecular weight is 291 g/mol. The highest BCUT2D eigenvalue weighted by Crippen LogP contribution is 2.32. The van der Waals surface area contributed by atoms with Crippen molar-refractivity contribution < 1.29 is 23.4 Å². The Balaban J connectivity index is 2.33. The molecule has 0 spiro atoms. The van der Waals surface area contributed by atoms with Crippen molar-refractivity contribution in [2.75, 3.05) is 21.3 Å². The molecule has 0 fully saturated rings. The summed E-state index contributed by atoms with van der Waals surface area (Å²) >= 11 is 0. The van der Waals surface area contributed by atoms with E-state index in [0.717, 1.165) is 5.56 Å². The number of ether oxygens (including phenoxy) is 3. The van der Waals surface area contributed by atoms with Gasteiger partial charge in [0.2, 0.25) is 5.76 Å². The van der Waals surface area contributed by atoms with Crippen molar-refractivity contribution in [3.05, 3.63) is 47.4 Å². The van der Waals surface area contributed by atoms with Gasteiger partial charge in [-0.1, -0.05) is 0 Å². The van der Waals surface area contributed by atoms with Crippen LogP contribution in [0.3, 0.4) is 0 Å². The van der Waals surface area contributed by atoms with Crippen molar-refractivity contribution in [1.29, 1.82) is 0 Å². The molecule has 112 valence electrons. The lowest BCUT2D eigenvalue weighted by Gasteiger charge is -2.14. The summed E-state index contributed by atoms with van der Waals surface area (Å²) in [6, 6.07) is 7.91. The lowest BCUT2D eigenvalue weighted by Crippen LogP contribution is -2.12. The van der Waals surface area contributed by atoms with Crippen LogP contribution in [0.5, 0.6) is 11.5 Å². The SMILES string of the molecule is COC(=O)c1ccc(C(N)c2ccc(OC)cc2OC)o1. The van der Waals surface area contributed by atoms with E-state index in [4.69, 9.17) is 19.6 Å². The summed E-state index contributed by atoms with van der Waals surface area (Å²) in [5, 5.41) is 0. The molecule has 0 aliphatic rings. The molecule has 0 aliphatic carbocycles. The molecule has 0 bridgehead atoms. The van der Waals surface area contributed by atoms with Crippen LogP contribution in [0.2, 0.25) is 0 Å². The Labute approximate surface area is 122 Å². The Kier molecular flexibility index (Phi) is 4.49. The van der Waals surface area contributed by atoms with Gasteiger partial charge in [0.1, 0.15) is 17.3 Å². The summed E-state index contributed by atoms with van der Waals surface area (Å²) in [6.45, 7) is 0. The molecule has 6 nitrogen and oxygen atoms in total. The van der Waals surface area contributed by atoms with E-state index in [9.17, 15) is 4.79 Å². The number of furan rings is 1. The molecule has 0 aliphatic heterocycles. The van der Waals surface area contributed by atoms with Gasteiger partial charge in [-0.3, -0.25) is 0 Å². The first-order valence-corrected chi connectivity index (χ1v) is 6.26. The van der Waals surface area contributed by atoms with Crippen molar-refractivity contribution in [3.63, 3.8) is 0 Å². The zero-order valence-electron chi connectivity index (χ0n) is 12.1. The van der Waals surface area contributed by atoms with Crippen molar-refractivity contribution >= 4 is 5.97 Å². The van der Waals surface area contributed by atoms with Crippen LogP contribution in [-0.4, -0.2) is 27.3 Å². The van der Waals surface area contributed by atoms with Crippen LogP contribution >= 0.6 is 0 Å². The third kappa shape index (κ3) is 3.00. The number of benzene rings is 1. The molecule has 0 saturated heterocycles. The molecule has 0 radical (unpaired) electrons.